The molecule has 3 aromatic carbocycles. The lowest BCUT2D eigenvalue weighted by Crippen LogP contribution is -2.26. The standard InChI is InChI=1S/C21H18ClFN2O3S/c1-14(16-9-12-20(23)19(22)13-16)24-21(26)15-7-10-17(11-8-15)25-29(27,28)18-5-3-2-4-6-18/h2-14,25H,1H3,(H,24,26). The van der Waals surface area contributed by atoms with Crippen molar-refractivity contribution in [3.8, 4) is 0 Å². The highest BCUT2D eigenvalue weighted by Gasteiger charge is 2.15. The van der Waals surface area contributed by atoms with Crippen molar-refractivity contribution in [2.75, 3.05) is 4.72 Å². The minimum atomic E-state index is -3.70. The lowest BCUT2D eigenvalue weighted by molar-refractivity contribution is 0.0940. The Bertz CT molecular complexity index is 1120. The van der Waals surface area contributed by atoms with Crippen LogP contribution in [-0.2, 0) is 10.0 Å². The van der Waals surface area contributed by atoms with Crippen molar-refractivity contribution >= 4 is 33.2 Å². The Labute approximate surface area is 173 Å². The van der Waals surface area contributed by atoms with Crippen molar-refractivity contribution in [2.45, 2.75) is 17.9 Å². The predicted octanol–water partition coefficient (Wildman–Crippen LogP) is 4.77. The van der Waals surface area contributed by atoms with Gasteiger partial charge in [-0.2, -0.15) is 0 Å². The molecule has 29 heavy (non-hydrogen) atoms. The molecule has 0 aliphatic heterocycles. The molecule has 0 fully saturated rings. The first kappa shape index (κ1) is 20.8. The minimum absolute atomic E-state index is 0.0151. The largest absolute Gasteiger partial charge is 0.346 e. The number of amides is 1. The van der Waals surface area contributed by atoms with E-state index in [4.69, 9.17) is 11.6 Å². The molecule has 3 rings (SSSR count). The van der Waals surface area contributed by atoms with Crippen molar-refractivity contribution in [3.05, 3.63) is 94.8 Å². The number of rotatable bonds is 6. The van der Waals surface area contributed by atoms with Gasteiger partial charge < -0.3 is 5.32 Å². The van der Waals surface area contributed by atoms with Crippen LogP contribution >= 0.6 is 11.6 Å². The van der Waals surface area contributed by atoms with Crippen LogP contribution in [0.3, 0.4) is 0 Å². The summed E-state index contributed by atoms with van der Waals surface area (Å²) in [6.45, 7) is 1.75. The van der Waals surface area contributed by atoms with Gasteiger partial charge in [0.05, 0.1) is 16.0 Å². The van der Waals surface area contributed by atoms with Crippen molar-refractivity contribution in [1.82, 2.24) is 5.32 Å². The second-order valence-corrected chi connectivity index (χ2v) is 8.45. The van der Waals surface area contributed by atoms with Gasteiger partial charge in [0.15, 0.2) is 0 Å². The van der Waals surface area contributed by atoms with Crippen molar-refractivity contribution in [1.29, 1.82) is 0 Å². The average Bonchev–Trinajstić information content (AvgIpc) is 2.71. The highest BCUT2D eigenvalue weighted by molar-refractivity contribution is 7.92. The number of carbonyl (C=O) groups is 1. The van der Waals surface area contributed by atoms with E-state index in [1.54, 1.807) is 31.2 Å². The summed E-state index contributed by atoms with van der Waals surface area (Å²) in [4.78, 5) is 12.6. The highest BCUT2D eigenvalue weighted by Crippen LogP contribution is 2.21. The maximum absolute atomic E-state index is 13.3. The Kier molecular flexibility index (Phi) is 6.20. The SMILES string of the molecule is CC(NC(=O)c1ccc(NS(=O)(=O)c2ccccc2)cc1)c1ccc(F)c(Cl)c1. The fourth-order valence-corrected chi connectivity index (χ4v) is 3.92. The number of halogens is 2. The third-order valence-corrected chi connectivity index (χ3v) is 5.93. The van der Waals surface area contributed by atoms with Crippen molar-refractivity contribution < 1.29 is 17.6 Å². The zero-order valence-electron chi connectivity index (χ0n) is 15.4. The molecule has 1 unspecified atom stereocenters. The van der Waals surface area contributed by atoms with Crippen molar-refractivity contribution in [3.63, 3.8) is 0 Å². The number of anilines is 1. The smallest absolute Gasteiger partial charge is 0.261 e. The zero-order valence-corrected chi connectivity index (χ0v) is 17.0. The van der Waals surface area contributed by atoms with Crippen molar-refractivity contribution in [2.24, 2.45) is 0 Å². The predicted molar refractivity (Wildman–Crippen MR) is 111 cm³/mol. The Morgan fingerprint density at radius 2 is 1.66 bits per heavy atom. The molecule has 150 valence electrons. The van der Waals surface area contributed by atoms with Crippen LogP contribution in [0.5, 0.6) is 0 Å². The quantitative estimate of drug-likeness (QED) is 0.589. The maximum Gasteiger partial charge on any atom is 0.261 e. The van der Waals surface area contributed by atoms with Crippen LogP contribution < -0.4 is 10.0 Å². The van der Waals surface area contributed by atoms with Gasteiger partial charge in [0, 0.05) is 11.3 Å². The number of nitrogens with one attached hydrogen (secondary N) is 2. The van der Waals surface area contributed by atoms with E-state index in [2.05, 4.69) is 10.0 Å². The third-order valence-electron chi connectivity index (χ3n) is 4.24. The van der Waals surface area contributed by atoms with Gasteiger partial charge in [-0.1, -0.05) is 35.9 Å². The lowest BCUT2D eigenvalue weighted by atomic mass is 10.1. The number of benzene rings is 3. The molecule has 0 aromatic heterocycles. The third kappa shape index (κ3) is 5.13. The van der Waals surface area contributed by atoms with Crippen LogP contribution in [0.25, 0.3) is 0 Å². The second kappa shape index (κ2) is 8.63. The molecule has 0 radical (unpaired) electrons. The topological polar surface area (TPSA) is 75.3 Å². The summed E-state index contributed by atoms with van der Waals surface area (Å²) in [7, 11) is -3.70. The van der Waals surface area contributed by atoms with E-state index in [0.29, 0.717) is 16.8 Å². The first-order valence-electron chi connectivity index (χ1n) is 8.70. The monoisotopic (exact) mass is 432 g/mol. The molecule has 0 saturated carbocycles. The van der Waals surface area contributed by atoms with Gasteiger partial charge in [-0.3, -0.25) is 9.52 Å². The summed E-state index contributed by atoms with van der Waals surface area (Å²) in [5, 5.41) is 2.78. The van der Waals surface area contributed by atoms with Crippen LogP contribution in [0.2, 0.25) is 5.02 Å². The number of carbonyl (C=O) groups excluding carboxylic acids is 1. The number of hydrogen-bond donors (Lipinski definition) is 2. The fourth-order valence-electron chi connectivity index (χ4n) is 2.65. The maximum atomic E-state index is 13.3. The molecule has 0 bridgehead atoms. The van der Waals surface area contributed by atoms with Crippen LogP contribution in [0.1, 0.15) is 28.9 Å². The van der Waals surface area contributed by atoms with E-state index in [1.165, 1.54) is 48.5 Å². The Morgan fingerprint density at radius 3 is 2.28 bits per heavy atom. The average molecular weight is 433 g/mol. The van der Waals surface area contributed by atoms with Gasteiger partial charge >= 0.3 is 0 Å². The molecule has 0 aliphatic rings. The minimum Gasteiger partial charge on any atom is -0.346 e. The molecule has 1 atom stereocenters. The molecule has 8 heteroatoms. The second-order valence-electron chi connectivity index (χ2n) is 6.36. The highest BCUT2D eigenvalue weighted by atomic mass is 35.5. The van der Waals surface area contributed by atoms with Gasteiger partial charge in [0.1, 0.15) is 5.82 Å². The number of hydrogen-bond acceptors (Lipinski definition) is 3. The van der Waals surface area contributed by atoms with Crippen LogP contribution in [-0.4, -0.2) is 14.3 Å². The molecule has 0 aliphatic carbocycles. The Balaban J connectivity index is 1.68. The van der Waals surface area contributed by atoms with Crippen LogP contribution in [0.15, 0.2) is 77.7 Å². The first-order valence-corrected chi connectivity index (χ1v) is 10.6. The molecular formula is C21H18ClFN2O3S. The molecule has 2 N–H and O–H groups in total. The zero-order chi connectivity index (χ0) is 21.0. The van der Waals surface area contributed by atoms with Gasteiger partial charge in [-0.25, -0.2) is 12.8 Å². The van der Waals surface area contributed by atoms with E-state index < -0.39 is 21.9 Å². The summed E-state index contributed by atoms with van der Waals surface area (Å²) in [5.41, 5.74) is 1.36. The number of sulfonamides is 1. The summed E-state index contributed by atoms with van der Waals surface area (Å²) < 4.78 is 40.4. The Hall–Kier alpha value is -2.90. The molecule has 3 aromatic rings. The lowest BCUT2D eigenvalue weighted by Gasteiger charge is -2.15. The van der Waals surface area contributed by atoms with E-state index in [1.807, 2.05) is 0 Å². The van der Waals surface area contributed by atoms with Crippen LogP contribution in [0, 0.1) is 5.82 Å². The molecule has 0 saturated heterocycles. The summed E-state index contributed by atoms with van der Waals surface area (Å²) in [5.74, 6) is -0.877. The normalized spacial score (nSPS) is 12.2. The summed E-state index contributed by atoms with van der Waals surface area (Å²) in [6.07, 6.45) is 0. The van der Waals surface area contributed by atoms with Gasteiger partial charge in [0.2, 0.25) is 0 Å². The molecule has 0 heterocycles. The van der Waals surface area contributed by atoms with Gasteiger partial charge in [0.25, 0.3) is 15.9 Å². The molecule has 1 amide bonds. The van der Waals surface area contributed by atoms with E-state index in [9.17, 15) is 17.6 Å². The fraction of sp³-hybridized carbons (Fsp3) is 0.0952. The first-order chi connectivity index (χ1) is 13.8. The molecule has 0 spiro atoms. The molecule has 5 nitrogen and oxygen atoms in total. The van der Waals surface area contributed by atoms with E-state index in [0.717, 1.165) is 0 Å². The summed E-state index contributed by atoms with van der Waals surface area (Å²) >= 11 is 5.78. The van der Waals surface area contributed by atoms with Gasteiger partial charge in [-0.15, -0.1) is 0 Å². The molecular weight excluding hydrogens is 415 g/mol. The van der Waals surface area contributed by atoms with Gasteiger partial charge in [-0.05, 0) is 61.0 Å². The Morgan fingerprint density at radius 1 is 1.00 bits per heavy atom. The van der Waals surface area contributed by atoms with E-state index >= 15 is 0 Å². The summed E-state index contributed by atoms with van der Waals surface area (Å²) in [6, 6.07) is 17.9. The van der Waals surface area contributed by atoms with E-state index in [-0.39, 0.29) is 15.8 Å². The van der Waals surface area contributed by atoms with Crippen LogP contribution in [0.4, 0.5) is 10.1 Å².